The van der Waals surface area contributed by atoms with Gasteiger partial charge in [-0.15, -0.1) is 16.8 Å². The van der Waals surface area contributed by atoms with E-state index in [1.807, 2.05) is 35.8 Å². The Kier molecular flexibility index (Phi) is 8.57. The molecule has 7 heteroatoms. The van der Waals surface area contributed by atoms with Crippen molar-refractivity contribution in [3.63, 3.8) is 0 Å². The standard InChI is InChI=1S/C21H30N4O2S/c1-6-13-25-20(17-9-11-18(27-5)12-10-17)23-24-21(25)28-14-19(26)22-16(4)8-7-15(2)3/h6,9-12,15-16H,1,7-8,13-14H2,2-5H3,(H,22,26). The molecule has 0 bridgehead atoms. The van der Waals surface area contributed by atoms with Crippen molar-refractivity contribution in [2.45, 2.75) is 51.4 Å². The van der Waals surface area contributed by atoms with Crippen molar-refractivity contribution < 1.29 is 9.53 Å². The van der Waals surface area contributed by atoms with E-state index in [4.69, 9.17) is 4.74 Å². The fraction of sp³-hybridized carbons (Fsp3) is 0.476. The summed E-state index contributed by atoms with van der Waals surface area (Å²) in [6, 6.07) is 7.85. The normalized spacial score (nSPS) is 12.0. The van der Waals surface area contributed by atoms with Crippen molar-refractivity contribution >= 4 is 17.7 Å². The van der Waals surface area contributed by atoms with E-state index in [1.54, 1.807) is 13.2 Å². The maximum absolute atomic E-state index is 12.3. The van der Waals surface area contributed by atoms with Crippen LogP contribution in [0.5, 0.6) is 5.75 Å². The SMILES string of the molecule is C=CCn1c(SCC(=O)NC(C)CCC(C)C)nnc1-c1ccc(OC)cc1. The van der Waals surface area contributed by atoms with Gasteiger partial charge in [0.05, 0.1) is 12.9 Å². The zero-order valence-electron chi connectivity index (χ0n) is 17.1. The second-order valence-electron chi connectivity index (χ2n) is 7.16. The number of rotatable bonds is 11. The molecule has 0 radical (unpaired) electrons. The number of hydrogen-bond acceptors (Lipinski definition) is 5. The first-order valence-corrected chi connectivity index (χ1v) is 10.5. The first kappa shape index (κ1) is 22.0. The number of nitrogens with zero attached hydrogens (tertiary/aromatic N) is 3. The zero-order chi connectivity index (χ0) is 20.5. The van der Waals surface area contributed by atoms with Gasteiger partial charge < -0.3 is 10.1 Å². The number of allylic oxidation sites excluding steroid dienone is 1. The highest BCUT2D eigenvalue weighted by atomic mass is 32.2. The Bertz CT molecular complexity index is 771. The molecule has 0 saturated carbocycles. The van der Waals surface area contributed by atoms with E-state index < -0.39 is 0 Å². The number of carbonyl (C=O) groups excluding carboxylic acids is 1. The van der Waals surface area contributed by atoms with Gasteiger partial charge in [0.1, 0.15) is 5.75 Å². The van der Waals surface area contributed by atoms with Crippen molar-refractivity contribution in [1.82, 2.24) is 20.1 Å². The number of thioether (sulfide) groups is 1. The molecule has 0 saturated heterocycles. The number of ether oxygens (including phenoxy) is 1. The highest BCUT2D eigenvalue weighted by Gasteiger charge is 2.16. The van der Waals surface area contributed by atoms with Crippen LogP contribution in [0, 0.1) is 5.92 Å². The lowest BCUT2D eigenvalue weighted by atomic mass is 10.0. The van der Waals surface area contributed by atoms with Gasteiger partial charge in [0.15, 0.2) is 11.0 Å². The van der Waals surface area contributed by atoms with Gasteiger partial charge in [-0.1, -0.05) is 31.7 Å². The predicted molar refractivity (Wildman–Crippen MR) is 115 cm³/mol. The Hall–Kier alpha value is -2.28. The van der Waals surface area contributed by atoms with Gasteiger partial charge in [0.25, 0.3) is 0 Å². The Balaban J connectivity index is 2.02. The molecule has 1 unspecified atom stereocenters. The summed E-state index contributed by atoms with van der Waals surface area (Å²) in [6.45, 7) is 10.8. The number of hydrogen-bond donors (Lipinski definition) is 1. The summed E-state index contributed by atoms with van der Waals surface area (Å²) >= 11 is 1.39. The van der Waals surface area contributed by atoms with Gasteiger partial charge in [0.2, 0.25) is 5.91 Å². The van der Waals surface area contributed by atoms with E-state index in [2.05, 4.69) is 35.9 Å². The summed E-state index contributed by atoms with van der Waals surface area (Å²) < 4.78 is 7.17. The fourth-order valence-electron chi connectivity index (χ4n) is 2.74. The molecule has 28 heavy (non-hydrogen) atoms. The average Bonchev–Trinajstić information content (AvgIpc) is 3.08. The Labute approximate surface area is 171 Å². The van der Waals surface area contributed by atoms with Crippen LogP contribution in [0.3, 0.4) is 0 Å². The minimum absolute atomic E-state index is 0.0143. The summed E-state index contributed by atoms with van der Waals surface area (Å²) in [5.41, 5.74) is 0.939. The van der Waals surface area contributed by atoms with Crippen molar-refractivity contribution in [1.29, 1.82) is 0 Å². The minimum atomic E-state index is 0.0143. The van der Waals surface area contributed by atoms with Gasteiger partial charge in [-0.3, -0.25) is 9.36 Å². The van der Waals surface area contributed by atoms with Crippen LogP contribution in [0.25, 0.3) is 11.4 Å². The van der Waals surface area contributed by atoms with Crippen molar-refractivity contribution in [3.05, 3.63) is 36.9 Å². The molecule has 1 atom stereocenters. The van der Waals surface area contributed by atoms with Gasteiger partial charge in [-0.2, -0.15) is 0 Å². The third-order valence-corrected chi connectivity index (χ3v) is 5.26. The number of amides is 1. The van der Waals surface area contributed by atoms with Crippen molar-refractivity contribution in [2.75, 3.05) is 12.9 Å². The number of aromatic nitrogens is 3. The number of nitrogens with one attached hydrogen (secondary N) is 1. The van der Waals surface area contributed by atoms with Gasteiger partial charge >= 0.3 is 0 Å². The highest BCUT2D eigenvalue weighted by molar-refractivity contribution is 7.99. The van der Waals surface area contributed by atoms with Crippen LogP contribution in [0.2, 0.25) is 0 Å². The van der Waals surface area contributed by atoms with Crippen LogP contribution in [-0.2, 0) is 11.3 Å². The fourth-order valence-corrected chi connectivity index (χ4v) is 3.50. The summed E-state index contributed by atoms with van der Waals surface area (Å²) in [4.78, 5) is 12.3. The summed E-state index contributed by atoms with van der Waals surface area (Å²) in [5.74, 6) is 2.50. The number of benzene rings is 1. The maximum atomic E-state index is 12.3. The first-order chi connectivity index (χ1) is 13.4. The van der Waals surface area contributed by atoms with Crippen LogP contribution in [0.4, 0.5) is 0 Å². The molecule has 1 heterocycles. The molecule has 0 fully saturated rings. The monoisotopic (exact) mass is 402 g/mol. The van der Waals surface area contributed by atoms with Gasteiger partial charge in [0, 0.05) is 18.2 Å². The topological polar surface area (TPSA) is 69.0 Å². The second-order valence-corrected chi connectivity index (χ2v) is 8.10. The van der Waals surface area contributed by atoms with E-state index in [0.29, 0.717) is 23.4 Å². The molecular weight excluding hydrogens is 372 g/mol. The molecule has 1 aromatic carbocycles. The minimum Gasteiger partial charge on any atom is -0.497 e. The lowest BCUT2D eigenvalue weighted by Crippen LogP contribution is -2.34. The zero-order valence-corrected chi connectivity index (χ0v) is 18.0. The molecule has 1 aromatic heterocycles. The van der Waals surface area contributed by atoms with Crippen molar-refractivity contribution in [3.8, 4) is 17.1 Å². The number of methoxy groups -OCH3 is 1. The van der Waals surface area contributed by atoms with Crippen LogP contribution in [0.1, 0.15) is 33.6 Å². The molecule has 0 aliphatic heterocycles. The Morgan fingerprint density at radius 3 is 2.57 bits per heavy atom. The van der Waals surface area contributed by atoms with E-state index in [9.17, 15) is 4.79 Å². The quantitative estimate of drug-likeness (QED) is 0.451. The first-order valence-electron chi connectivity index (χ1n) is 9.55. The lowest BCUT2D eigenvalue weighted by molar-refractivity contribution is -0.119. The average molecular weight is 403 g/mol. The van der Waals surface area contributed by atoms with E-state index in [0.717, 1.165) is 30.0 Å². The Morgan fingerprint density at radius 1 is 1.25 bits per heavy atom. The Morgan fingerprint density at radius 2 is 1.96 bits per heavy atom. The van der Waals surface area contributed by atoms with E-state index in [1.165, 1.54) is 11.8 Å². The van der Waals surface area contributed by atoms with Gasteiger partial charge in [-0.05, 0) is 49.9 Å². The molecule has 2 aromatic rings. The highest BCUT2D eigenvalue weighted by Crippen LogP contribution is 2.25. The molecule has 152 valence electrons. The largest absolute Gasteiger partial charge is 0.497 e. The maximum Gasteiger partial charge on any atom is 0.230 e. The van der Waals surface area contributed by atoms with Crippen LogP contribution >= 0.6 is 11.8 Å². The molecule has 0 aliphatic carbocycles. The summed E-state index contributed by atoms with van der Waals surface area (Å²) in [5, 5.41) is 12.4. The predicted octanol–water partition coefficient (Wildman–Crippen LogP) is 4.17. The van der Waals surface area contributed by atoms with Gasteiger partial charge in [-0.25, -0.2) is 0 Å². The molecule has 0 spiro atoms. The van der Waals surface area contributed by atoms with Crippen LogP contribution in [0.15, 0.2) is 42.1 Å². The molecule has 0 aliphatic rings. The second kappa shape index (κ2) is 10.9. The molecule has 2 rings (SSSR count). The molecule has 1 amide bonds. The molecule has 1 N–H and O–H groups in total. The lowest BCUT2D eigenvalue weighted by Gasteiger charge is -2.15. The van der Waals surface area contributed by atoms with Crippen molar-refractivity contribution in [2.24, 2.45) is 5.92 Å². The van der Waals surface area contributed by atoms with Crippen LogP contribution in [-0.4, -0.2) is 39.6 Å². The van der Waals surface area contributed by atoms with Crippen LogP contribution < -0.4 is 10.1 Å². The summed E-state index contributed by atoms with van der Waals surface area (Å²) in [6.07, 6.45) is 3.89. The summed E-state index contributed by atoms with van der Waals surface area (Å²) in [7, 11) is 1.64. The molecule has 6 nitrogen and oxygen atoms in total. The third kappa shape index (κ3) is 6.41. The van der Waals surface area contributed by atoms with E-state index >= 15 is 0 Å². The smallest absolute Gasteiger partial charge is 0.230 e. The third-order valence-electron chi connectivity index (χ3n) is 4.29. The number of carbonyl (C=O) groups is 1. The molecular formula is C21H30N4O2S. The van der Waals surface area contributed by atoms with E-state index in [-0.39, 0.29) is 11.9 Å².